The number of ether oxygens (including phenoxy) is 1. The number of nitrogens with zero attached hydrogens (tertiary/aromatic N) is 4. The molecule has 212 valence electrons. The Balaban J connectivity index is 1.69. The molecular weight excluding hydrogens is 502 g/mol. The van der Waals surface area contributed by atoms with Gasteiger partial charge in [0, 0.05) is 69.2 Å². The van der Waals surface area contributed by atoms with E-state index in [1.807, 2.05) is 33.2 Å². The van der Waals surface area contributed by atoms with Gasteiger partial charge < -0.3 is 25.2 Å². The number of benzene rings is 2. The molecule has 2 aromatic carbocycles. The van der Waals surface area contributed by atoms with Crippen molar-refractivity contribution in [2.24, 2.45) is 14.1 Å². The van der Waals surface area contributed by atoms with Crippen molar-refractivity contribution in [3.05, 3.63) is 51.4 Å². The molecule has 0 aliphatic carbocycles. The van der Waals surface area contributed by atoms with E-state index in [0.29, 0.717) is 38.4 Å². The Morgan fingerprint density at radius 2 is 1.67 bits per heavy atom. The van der Waals surface area contributed by atoms with E-state index in [1.165, 1.54) is 0 Å². The number of rotatable bonds is 8. The highest BCUT2D eigenvalue weighted by atomic mass is 19.3. The molecule has 0 atom stereocenters. The lowest BCUT2D eigenvalue weighted by Crippen LogP contribution is -2.43. The zero-order valence-corrected chi connectivity index (χ0v) is 23.6. The molecule has 10 heteroatoms. The number of aromatic nitrogens is 2. The zero-order chi connectivity index (χ0) is 27.9. The smallest absolute Gasteiger partial charge is 0.328 e. The maximum absolute atomic E-state index is 14.6. The minimum atomic E-state index is -2.59. The number of nitrogens with one attached hydrogen (secondary N) is 2. The number of hydrogen-bond acceptors (Lipinski definition) is 6. The zero-order valence-electron chi connectivity index (χ0n) is 23.6. The van der Waals surface area contributed by atoms with Crippen molar-refractivity contribution in [3.8, 4) is 0 Å². The molecule has 0 saturated carbocycles. The number of fused-ring (bicyclic) bond motifs is 2. The fourth-order valence-electron chi connectivity index (χ4n) is 6.47. The molecule has 1 fully saturated rings. The number of imidazole rings is 1. The molecule has 0 amide bonds. The lowest BCUT2D eigenvalue weighted by Gasteiger charge is -2.37. The second-order valence-electron chi connectivity index (χ2n) is 11.1. The molecule has 0 spiro atoms. The van der Waals surface area contributed by atoms with Crippen LogP contribution in [0.25, 0.3) is 11.0 Å². The number of anilines is 3. The first kappa shape index (κ1) is 27.6. The summed E-state index contributed by atoms with van der Waals surface area (Å²) >= 11 is 0. The molecule has 2 aliphatic heterocycles. The number of halogens is 2. The van der Waals surface area contributed by atoms with Crippen LogP contribution in [0, 0.1) is 0 Å². The highest BCUT2D eigenvalue weighted by Gasteiger charge is 2.33. The Bertz CT molecular complexity index is 1400. The van der Waals surface area contributed by atoms with Crippen LogP contribution in [-0.4, -0.2) is 69.2 Å². The monoisotopic (exact) mass is 542 g/mol. The van der Waals surface area contributed by atoms with E-state index in [4.69, 9.17) is 4.74 Å². The van der Waals surface area contributed by atoms with Gasteiger partial charge in [0.2, 0.25) is 0 Å². The van der Waals surface area contributed by atoms with Gasteiger partial charge in [-0.2, -0.15) is 0 Å². The molecule has 39 heavy (non-hydrogen) atoms. The Labute approximate surface area is 228 Å². The Morgan fingerprint density at radius 3 is 2.31 bits per heavy atom. The van der Waals surface area contributed by atoms with Gasteiger partial charge in [-0.25, -0.2) is 13.6 Å². The van der Waals surface area contributed by atoms with Crippen LogP contribution < -0.4 is 26.1 Å². The van der Waals surface area contributed by atoms with Crippen molar-refractivity contribution in [2.45, 2.75) is 31.6 Å². The van der Waals surface area contributed by atoms with Gasteiger partial charge in [0.05, 0.1) is 29.9 Å². The average molecular weight is 543 g/mol. The fourth-order valence-corrected chi connectivity index (χ4v) is 6.47. The first-order chi connectivity index (χ1) is 18.7. The van der Waals surface area contributed by atoms with Crippen molar-refractivity contribution < 1.29 is 13.5 Å². The van der Waals surface area contributed by atoms with Crippen molar-refractivity contribution in [1.82, 2.24) is 19.8 Å². The highest BCUT2D eigenvalue weighted by molar-refractivity contribution is 5.94. The molecule has 0 radical (unpaired) electrons. The van der Waals surface area contributed by atoms with Gasteiger partial charge in [-0.15, -0.1) is 0 Å². The third-order valence-electron chi connectivity index (χ3n) is 8.38. The van der Waals surface area contributed by atoms with Gasteiger partial charge in [0.25, 0.3) is 6.43 Å². The Hall–Kier alpha value is -2.95. The lowest BCUT2D eigenvalue weighted by atomic mass is 9.77. The number of morpholine rings is 1. The molecule has 3 heterocycles. The van der Waals surface area contributed by atoms with E-state index >= 15 is 0 Å². The van der Waals surface area contributed by atoms with Gasteiger partial charge >= 0.3 is 5.69 Å². The number of hydrogen-bond donors (Lipinski definition) is 2. The second kappa shape index (κ2) is 10.9. The maximum atomic E-state index is 14.6. The molecule has 2 N–H and O–H groups in total. The Kier molecular flexibility index (Phi) is 7.72. The molecule has 1 saturated heterocycles. The quantitative estimate of drug-likeness (QED) is 0.455. The number of likely N-dealkylation sites (N-methyl/N-ethyl adjacent to an activating group) is 2. The minimum Gasteiger partial charge on any atom is -0.378 e. The van der Waals surface area contributed by atoms with Crippen LogP contribution in [-0.2, 0) is 30.7 Å². The minimum absolute atomic E-state index is 0.0789. The van der Waals surface area contributed by atoms with Gasteiger partial charge in [-0.3, -0.25) is 9.13 Å². The standard InChI is InChI=1S/C29H40F2N6O2/c1-29(17-32-2,18-33-3)22-13-19-7-6-8-37(23(19)16-21(22)27(30)31)20-14-24-26(35(5)28(38)34(24)4)25(15-20)36-9-11-39-12-10-36/h13-16,27,32-33H,6-12,17-18H2,1-5H3. The summed E-state index contributed by atoms with van der Waals surface area (Å²) in [5.41, 5.74) is 5.68. The predicted octanol–water partition coefficient (Wildman–Crippen LogP) is 3.43. The molecule has 0 bridgehead atoms. The number of alkyl halides is 2. The molecule has 2 aliphatic rings. The average Bonchev–Trinajstić information content (AvgIpc) is 3.15. The fraction of sp³-hybridized carbons (Fsp3) is 0.552. The molecule has 1 aromatic heterocycles. The van der Waals surface area contributed by atoms with E-state index in [9.17, 15) is 13.6 Å². The number of aryl methyl sites for hydroxylation is 3. The van der Waals surface area contributed by atoms with Crippen LogP contribution in [0.5, 0.6) is 0 Å². The van der Waals surface area contributed by atoms with Gasteiger partial charge in [0.15, 0.2) is 0 Å². The van der Waals surface area contributed by atoms with E-state index in [0.717, 1.165) is 59.6 Å². The first-order valence-corrected chi connectivity index (χ1v) is 13.7. The predicted molar refractivity (Wildman–Crippen MR) is 153 cm³/mol. The second-order valence-corrected chi connectivity index (χ2v) is 11.1. The van der Waals surface area contributed by atoms with E-state index in [-0.39, 0.29) is 11.3 Å². The van der Waals surface area contributed by atoms with Crippen LogP contribution in [0.15, 0.2) is 29.1 Å². The lowest BCUT2D eigenvalue weighted by molar-refractivity contribution is 0.123. The third kappa shape index (κ3) is 4.83. The van der Waals surface area contributed by atoms with Crippen molar-refractivity contribution in [1.29, 1.82) is 0 Å². The van der Waals surface area contributed by atoms with Crippen LogP contribution >= 0.6 is 0 Å². The first-order valence-electron chi connectivity index (χ1n) is 13.7. The summed E-state index contributed by atoms with van der Waals surface area (Å²) in [5, 5.41) is 6.40. The van der Waals surface area contributed by atoms with E-state index < -0.39 is 11.8 Å². The van der Waals surface area contributed by atoms with Crippen molar-refractivity contribution >= 4 is 28.1 Å². The molecule has 0 unspecified atom stereocenters. The summed E-state index contributed by atoms with van der Waals surface area (Å²) < 4.78 is 38.2. The van der Waals surface area contributed by atoms with Crippen LogP contribution in [0.1, 0.15) is 36.5 Å². The van der Waals surface area contributed by atoms with Gasteiger partial charge in [-0.05, 0) is 56.3 Å². The Morgan fingerprint density at radius 1 is 0.974 bits per heavy atom. The van der Waals surface area contributed by atoms with E-state index in [1.54, 1.807) is 29.3 Å². The molecule has 8 nitrogen and oxygen atoms in total. The van der Waals surface area contributed by atoms with E-state index in [2.05, 4.69) is 26.5 Å². The van der Waals surface area contributed by atoms with Crippen LogP contribution in [0.3, 0.4) is 0 Å². The van der Waals surface area contributed by atoms with Crippen molar-refractivity contribution in [2.75, 3.05) is 69.8 Å². The summed E-state index contributed by atoms with van der Waals surface area (Å²) in [5.74, 6) is 0. The van der Waals surface area contributed by atoms with Gasteiger partial charge in [-0.1, -0.05) is 13.0 Å². The summed E-state index contributed by atoms with van der Waals surface area (Å²) in [6.45, 7) is 6.62. The largest absolute Gasteiger partial charge is 0.378 e. The third-order valence-corrected chi connectivity index (χ3v) is 8.38. The van der Waals surface area contributed by atoms with Crippen LogP contribution in [0.2, 0.25) is 0 Å². The topological polar surface area (TPSA) is 66.7 Å². The van der Waals surface area contributed by atoms with Crippen molar-refractivity contribution in [3.63, 3.8) is 0 Å². The molecule has 5 rings (SSSR count). The summed E-state index contributed by atoms with van der Waals surface area (Å²) in [6.07, 6.45) is -0.850. The summed E-state index contributed by atoms with van der Waals surface area (Å²) in [6, 6.07) is 7.86. The normalized spacial score (nSPS) is 16.4. The SMILES string of the molecule is CNCC(C)(CNC)c1cc2c(cc1C(F)F)N(c1cc(N3CCOCC3)c3c(c1)n(C)c(=O)n3C)CCC2. The molecular formula is C29H40F2N6O2. The summed E-state index contributed by atoms with van der Waals surface area (Å²) in [4.78, 5) is 17.4. The summed E-state index contributed by atoms with van der Waals surface area (Å²) in [7, 11) is 7.30. The van der Waals surface area contributed by atoms with Gasteiger partial charge in [0.1, 0.15) is 0 Å². The maximum Gasteiger partial charge on any atom is 0.328 e. The van der Waals surface area contributed by atoms with Crippen LogP contribution in [0.4, 0.5) is 25.8 Å². The highest BCUT2D eigenvalue weighted by Crippen LogP contribution is 2.43. The molecule has 3 aromatic rings.